The van der Waals surface area contributed by atoms with Gasteiger partial charge in [-0.1, -0.05) is 206 Å². The van der Waals surface area contributed by atoms with Gasteiger partial charge in [-0.15, -0.1) is 0 Å². The Balaban J connectivity index is 1.06. The molecule has 9 aromatic carbocycles. The lowest BCUT2D eigenvalue weighted by Gasteiger charge is -2.34. The summed E-state index contributed by atoms with van der Waals surface area (Å²) in [6.45, 7) is 16.6. The Labute approximate surface area is 390 Å². The first-order chi connectivity index (χ1) is 31.9. The molecule has 0 saturated heterocycles. The zero-order chi connectivity index (χ0) is 44.9. The van der Waals surface area contributed by atoms with Crippen LogP contribution in [0.2, 0.25) is 0 Å². The van der Waals surface area contributed by atoms with Gasteiger partial charge in [0.25, 0.3) is 0 Å². The number of fused-ring (bicyclic) bond motifs is 16. The van der Waals surface area contributed by atoms with Crippen molar-refractivity contribution in [1.82, 2.24) is 0 Å². The molecule has 0 radical (unpaired) electrons. The van der Waals surface area contributed by atoms with Crippen LogP contribution in [0.1, 0.15) is 98.5 Å². The Bertz CT molecular complexity index is 3470. The quantitative estimate of drug-likeness (QED) is 0.171. The standard InChI is InChI=1S/C65H53N/c1-62(2,3)42-37-59-61(51-22-12-17-27-56(51)65(59)54-25-15-10-20-47(54)48-21-11-16-26-55(48)65)60(38-42)66(44-33-35-50-46-19-9-14-24-53(46)64(6,7)58(50)39-44)43-31-28-40(29-32-43)41-30-34-49-45-18-8-13-23-52(45)63(4,5)57(49)36-41/h8-39H,1-7H3. The Morgan fingerprint density at radius 3 is 1.29 bits per heavy atom. The summed E-state index contributed by atoms with van der Waals surface area (Å²) in [6.07, 6.45) is 0. The van der Waals surface area contributed by atoms with E-state index in [2.05, 4.69) is 247 Å². The van der Waals surface area contributed by atoms with Crippen molar-refractivity contribution in [2.75, 3.05) is 4.90 Å². The summed E-state index contributed by atoms with van der Waals surface area (Å²) in [4.78, 5) is 2.59. The molecule has 9 aromatic rings. The van der Waals surface area contributed by atoms with Crippen LogP contribution in [0.3, 0.4) is 0 Å². The summed E-state index contributed by atoms with van der Waals surface area (Å²) in [5.41, 5.74) is 28.1. The van der Waals surface area contributed by atoms with Gasteiger partial charge in [-0.05, 0) is 142 Å². The molecule has 0 unspecified atom stereocenters. The van der Waals surface area contributed by atoms with Gasteiger partial charge in [-0.2, -0.15) is 0 Å². The predicted octanol–water partition coefficient (Wildman–Crippen LogP) is 17.1. The highest BCUT2D eigenvalue weighted by Gasteiger charge is 2.53. The molecule has 0 bridgehead atoms. The van der Waals surface area contributed by atoms with Crippen molar-refractivity contribution in [2.45, 2.75) is 70.1 Å². The smallest absolute Gasteiger partial charge is 0.0726 e. The first-order valence-corrected chi connectivity index (χ1v) is 23.8. The van der Waals surface area contributed by atoms with Crippen molar-refractivity contribution in [1.29, 1.82) is 0 Å². The normalized spacial score (nSPS) is 15.6. The fraction of sp³-hybridized carbons (Fsp3) is 0.169. The number of anilines is 3. The van der Waals surface area contributed by atoms with Gasteiger partial charge in [0.2, 0.25) is 0 Å². The largest absolute Gasteiger partial charge is 0.310 e. The van der Waals surface area contributed by atoms with E-state index in [0.29, 0.717) is 0 Å². The predicted molar refractivity (Wildman–Crippen MR) is 277 cm³/mol. The van der Waals surface area contributed by atoms with Crippen LogP contribution in [0.25, 0.3) is 55.6 Å². The van der Waals surface area contributed by atoms with Crippen molar-refractivity contribution in [3.05, 3.63) is 244 Å². The third-order valence-electron chi connectivity index (χ3n) is 16.0. The Kier molecular flexibility index (Phi) is 7.97. The molecule has 0 N–H and O–H groups in total. The second-order valence-corrected chi connectivity index (χ2v) is 21.3. The van der Waals surface area contributed by atoms with E-state index in [1.165, 1.54) is 117 Å². The zero-order valence-corrected chi connectivity index (χ0v) is 38.9. The molecule has 0 heterocycles. The molecular weight excluding hydrogens is 795 g/mol. The molecule has 0 amide bonds. The first-order valence-electron chi connectivity index (χ1n) is 23.8. The molecule has 4 aliphatic rings. The van der Waals surface area contributed by atoms with Gasteiger partial charge >= 0.3 is 0 Å². The van der Waals surface area contributed by atoms with Crippen LogP contribution < -0.4 is 4.90 Å². The van der Waals surface area contributed by atoms with Crippen molar-refractivity contribution < 1.29 is 0 Å². The summed E-state index contributed by atoms with van der Waals surface area (Å²) in [7, 11) is 0. The van der Waals surface area contributed by atoms with Gasteiger partial charge in [-0.3, -0.25) is 0 Å². The van der Waals surface area contributed by atoms with Gasteiger partial charge in [0, 0.05) is 27.8 Å². The van der Waals surface area contributed by atoms with Crippen LogP contribution in [0, 0.1) is 0 Å². The molecule has 0 aliphatic heterocycles. The average Bonchev–Trinajstić information content (AvgIpc) is 3.97. The van der Waals surface area contributed by atoms with Crippen LogP contribution in [0.4, 0.5) is 17.1 Å². The maximum atomic E-state index is 2.59. The number of nitrogens with zero attached hydrogens (tertiary/aromatic N) is 1. The molecule has 13 rings (SSSR count). The van der Waals surface area contributed by atoms with E-state index in [0.717, 1.165) is 5.69 Å². The van der Waals surface area contributed by atoms with E-state index < -0.39 is 5.41 Å². The van der Waals surface area contributed by atoms with E-state index in [-0.39, 0.29) is 16.2 Å². The molecule has 1 heteroatoms. The highest BCUT2D eigenvalue weighted by molar-refractivity contribution is 6.02. The minimum atomic E-state index is -0.465. The molecule has 0 saturated carbocycles. The third-order valence-corrected chi connectivity index (χ3v) is 16.0. The first kappa shape index (κ1) is 39.2. The zero-order valence-electron chi connectivity index (χ0n) is 38.9. The van der Waals surface area contributed by atoms with E-state index in [4.69, 9.17) is 0 Å². The monoisotopic (exact) mass is 847 g/mol. The topological polar surface area (TPSA) is 3.24 Å². The number of benzene rings is 9. The molecule has 0 atom stereocenters. The highest BCUT2D eigenvalue weighted by Crippen LogP contribution is 2.65. The van der Waals surface area contributed by atoms with Crippen LogP contribution in [-0.4, -0.2) is 0 Å². The molecule has 4 aliphatic carbocycles. The fourth-order valence-electron chi connectivity index (χ4n) is 12.7. The Hall–Kier alpha value is -7.22. The van der Waals surface area contributed by atoms with Gasteiger partial charge in [-0.25, -0.2) is 0 Å². The van der Waals surface area contributed by atoms with Crippen molar-refractivity contribution in [2.24, 2.45) is 0 Å². The molecule has 318 valence electrons. The summed E-state index contributed by atoms with van der Waals surface area (Å²) in [6, 6.07) is 74.3. The van der Waals surface area contributed by atoms with E-state index in [9.17, 15) is 0 Å². The van der Waals surface area contributed by atoms with Crippen molar-refractivity contribution in [3.8, 4) is 55.6 Å². The molecule has 1 spiro atoms. The highest BCUT2D eigenvalue weighted by atomic mass is 15.1. The number of rotatable bonds is 4. The number of hydrogen-bond donors (Lipinski definition) is 0. The van der Waals surface area contributed by atoms with Crippen LogP contribution in [-0.2, 0) is 21.7 Å². The van der Waals surface area contributed by atoms with Crippen LogP contribution in [0.15, 0.2) is 194 Å². The van der Waals surface area contributed by atoms with E-state index >= 15 is 0 Å². The lowest BCUT2D eigenvalue weighted by atomic mass is 9.69. The van der Waals surface area contributed by atoms with Gasteiger partial charge in [0.1, 0.15) is 0 Å². The fourth-order valence-corrected chi connectivity index (χ4v) is 12.7. The summed E-state index contributed by atoms with van der Waals surface area (Å²) < 4.78 is 0. The van der Waals surface area contributed by atoms with Crippen molar-refractivity contribution >= 4 is 17.1 Å². The lowest BCUT2D eigenvalue weighted by Crippen LogP contribution is -2.27. The van der Waals surface area contributed by atoms with E-state index in [1.807, 2.05) is 0 Å². The SMILES string of the molecule is CC(C)(C)c1cc(N(c2ccc(-c3ccc4c(c3)C(C)(C)c3ccccc3-4)cc2)c2ccc3c(c2)C(C)(C)c2ccccc2-3)c2c(c1)C1(c3ccccc3-c3ccccc31)c1ccccc1-2. The number of hydrogen-bond acceptors (Lipinski definition) is 1. The van der Waals surface area contributed by atoms with Crippen molar-refractivity contribution in [3.63, 3.8) is 0 Å². The molecule has 66 heavy (non-hydrogen) atoms. The maximum absolute atomic E-state index is 2.59. The van der Waals surface area contributed by atoms with Gasteiger partial charge < -0.3 is 4.90 Å². The maximum Gasteiger partial charge on any atom is 0.0726 e. The molecule has 1 nitrogen and oxygen atoms in total. The summed E-state index contributed by atoms with van der Waals surface area (Å²) in [5.74, 6) is 0. The Morgan fingerprint density at radius 1 is 0.333 bits per heavy atom. The minimum Gasteiger partial charge on any atom is -0.310 e. The summed E-state index contributed by atoms with van der Waals surface area (Å²) in [5, 5.41) is 0. The lowest BCUT2D eigenvalue weighted by molar-refractivity contribution is 0.588. The van der Waals surface area contributed by atoms with Gasteiger partial charge in [0.15, 0.2) is 0 Å². The summed E-state index contributed by atoms with van der Waals surface area (Å²) >= 11 is 0. The van der Waals surface area contributed by atoms with Crippen LogP contribution >= 0.6 is 0 Å². The van der Waals surface area contributed by atoms with E-state index in [1.54, 1.807) is 0 Å². The second-order valence-electron chi connectivity index (χ2n) is 21.3. The van der Waals surface area contributed by atoms with Gasteiger partial charge in [0.05, 0.1) is 11.1 Å². The average molecular weight is 848 g/mol. The molecule has 0 fully saturated rings. The Morgan fingerprint density at radius 2 is 0.742 bits per heavy atom. The van der Waals surface area contributed by atoms with Crippen LogP contribution in [0.5, 0.6) is 0 Å². The molecule has 0 aromatic heterocycles. The third kappa shape index (κ3) is 5.12. The second kappa shape index (κ2) is 13.4. The minimum absolute atomic E-state index is 0.0634. The molecular formula is C65H53N.